The van der Waals surface area contributed by atoms with E-state index in [1.807, 2.05) is 31.2 Å². The minimum atomic E-state index is -0.718. The molecule has 0 heterocycles. The molecule has 3 aromatic carbocycles. The molecule has 2 N–H and O–H groups in total. The fourth-order valence-corrected chi connectivity index (χ4v) is 3.29. The van der Waals surface area contributed by atoms with Crippen LogP contribution in [0, 0.1) is 10.1 Å². The molecule has 7 heteroatoms. The lowest BCUT2D eigenvalue weighted by molar-refractivity contribution is -0.384. The van der Waals surface area contributed by atoms with Crippen molar-refractivity contribution >= 4 is 23.0 Å². The zero-order chi connectivity index (χ0) is 21.5. The molecule has 3 aromatic rings. The van der Waals surface area contributed by atoms with E-state index < -0.39 is 11.0 Å². The lowest BCUT2D eigenvalue weighted by Gasteiger charge is -2.24. The van der Waals surface area contributed by atoms with Gasteiger partial charge in [-0.2, -0.15) is 0 Å². The molecule has 0 aliphatic heterocycles. The quantitative estimate of drug-likeness (QED) is 0.327. The Morgan fingerprint density at radius 3 is 2.17 bits per heavy atom. The van der Waals surface area contributed by atoms with E-state index in [2.05, 4.69) is 5.32 Å². The third-order valence-electron chi connectivity index (χ3n) is 4.73. The standard InChI is InChI=1S/C23H23ClN2O4/c1-2-30-21-13-5-16(6-14-21)22(15-23(27)17-3-7-18(24)8-4-17)25-19-9-11-20(12-10-19)26(28)29/h3-14,22-23,25,27H,2,15H2,1H3. The van der Waals surface area contributed by atoms with Crippen molar-refractivity contribution < 1.29 is 14.8 Å². The monoisotopic (exact) mass is 426 g/mol. The number of halogens is 1. The van der Waals surface area contributed by atoms with Gasteiger partial charge in [0.25, 0.3) is 5.69 Å². The van der Waals surface area contributed by atoms with E-state index in [1.54, 1.807) is 36.4 Å². The van der Waals surface area contributed by atoms with E-state index in [0.717, 1.165) is 22.6 Å². The van der Waals surface area contributed by atoms with Gasteiger partial charge < -0.3 is 15.2 Å². The number of non-ortho nitro benzene ring substituents is 1. The van der Waals surface area contributed by atoms with Crippen LogP contribution in [0.1, 0.15) is 36.6 Å². The number of aliphatic hydroxyl groups excluding tert-OH is 1. The number of aliphatic hydroxyl groups is 1. The Labute approximate surface area is 180 Å². The minimum absolute atomic E-state index is 0.0272. The average Bonchev–Trinajstić information content (AvgIpc) is 2.75. The van der Waals surface area contributed by atoms with Crippen LogP contribution >= 0.6 is 11.6 Å². The number of benzene rings is 3. The van der Waals surface area contributed by atoms with Crippen LogP contribution in [0.2, 0.25) is 5.02 Å². The van der Waals surface area contributed by atoms with Gasteiger partial charge in [0.2, 0.25) is 0 Å². The normalized spacial score (nSPS) is 12.8. The summed E-state index contributed by atoms with van der Waals surface area (Å²) in [4.78, 5) is 10.5. The largest absolute Gasteiger partial charge is 0.494 e. The fraction of sp³-hybridized carbons (Fsp3) is 0.217. The van der Waals surface area contributed by atoms with Gasteiger partial charge in [-0.15, -0.1) is 0 Å². The lowest BCUT2D eigenvalue weighted by atomic mass is 9.96. The SMILES string of the molecule is CCOc1ccc(C(CC(O)c2ccc(Cl)cc2)Nc2ccc([N+](=O)[O-])cc2)cc1. The van der Waals surface area contributed by atoms with Crippen LogP contribution in [0.4, 0.5) is 11.4 Å². The Morgan fingerprint density at radius 1 is 1.00 bits per heavy atom. The van der Waals surface area contributed by atoms with E-state index in [0.29, 0.717) is 18.1 Å². The van der Waals surface area contributed by atoms with Crippen molar-refractivity contribution in [2.75, 3.05) is 11.9 Å². The molecule has 2 unspecified atom stereocenters. The maximum atomic E-state index is 10.9. The second kappa shape index (κ2) is 10.1. The minimum Gasteiger partial charge on any atom is -0.494 e. The first-order chi connectivity index (χ1) is 14.5. The van der Waals surface area contributed by atoms with Crippen LogP contribution in [0.5, 0.6) is 5.75 Å². The Hall–Kier alpha value is -3.09. The average molecular weight is 427 g/mol. The number of hydrogen-bond donors (Lipinski definition) is 2. The molecule has 0 aromatic heterocycles. The van der Waals surface area contributed by atoms with Crippen LogP contribution in [0.15, 0.2) is 72.8 Å². The number of nitrogens with zero attached hydrogens (tertiary/aromatic N) is 1. The van der Waals surface area contributed by atoms with E-state index in [4.69, 9.17) is 16.3 Å². The van der Waals surface area contributed by atoms with Crippen molar-refractivity contribution in [2.24, 2.45) is 0 Å². The van der Waals surface area contributed by atoms with Gasteiger partial charge in [-0.1, -0.05) is 35.9 Å². The summed E-state index contributed by atoms with van der Waals surface area (Å²) < 4.78 is 5.51. The Bertz CT molecular complexity index is 960. The lowest BCUT2D eigenvalue weighted by Crippen LogP contribution is -2.15. The first-order valence-corrected chi connectivity index (χ1v) is 10.0. The van der Waals surface area contributed by atoms with Gasteiger partial charge in [-0.3, -0.25) is 10.1 Å². The highest BCUT2D eigenvalue weighted by molar-refractivity contribution is 6.30. The number of ether oxygens (including phenoxy) is 1. The zero-order valence-corrected chi connectivity index (χ0v) is 17.3. The molecule has 2 atom stereocenters. The second-order valence-electron chi connectivity index (χ2n) is 6.81. The van der Waals surface area contributed by atoms with Gasteiger partial charge in [-0.05, 0) is 54.4 Å². The highest BCUT2D eigenvalue weighted by Crippen LogP contribution is 2.31. The molecular weight excluding hydrogens is 404 g/mol. The van der Waals surface area contributed by atoms with Crippen molar-refractivity contribution in [3.63, 3.8) is 0 Å². The number of anilines is 1. The molecule has 0 fully saturated rings. The van der Waals surface area contributed by atoms with E-state index in [9.17, 15) is 15.2 Å². The number of nitro benzene ring substituents is 1. The summed E-state index contributed by atoms with van der Waals surface area (Å²) in [6.07, 6.45) is -0.323. The van der Waals surface area contributed by atoms with Gasteiger partial charge in [0.1, 0.15) is 5.75 Å². The predicted molar refractivity (Wildman–Crippen MR) is 118 cm³/mol. The third kappa shape index (κ3) is 5.72. The number of nitro groups is 1. The smallest absolute Gasteiger partial charge is 0.269 e. The highest BCUT2D eigenvalue weighted by Gasteiger charge is 2.19. The number of rotatable bonds is 9. The number of nitrogens with one attached hydrogen (secondary N) is 1. The first-order valence-electron chi connectivity index (χ1n) is 9.63. The summed E-state index contributed by atoms with van der Waals surface area (Å²) in [7, 11) is 0. The van der Waals surface area contributed by atoms with Crippen molar-refractivity contribution in [2.45, 2.75) is 25.5 Å². The molecular formula is C23H23ClN2O4. The molecule has 0 saturated carbocycles. The summed E-state index contributed by atoms with van der Waals surface area (Å²) in [5, 5.41) is 25.7. The molecule has 6 nitrogen and oxygen atoms in total. The summed E-state index contributed by atoms with van der Waals surface area (Å²) in [5.41, 5.74) is 2.48. The van der Waals surface area contributed by atoms with Crippen molar-refractivity contribution in [3.8, 4) is 5.75 Å². The Balaban J connectivity index is 1.83. The van der Waals surface area contributed by atoms with Crippen LogP contribution < -0.4 is 10.1 Å². The Morgan fingerprint density at radius 2 is 1.60 bits per heavy atom. The van der Waals surface area contributed by atoms with Gasteiger partial charge in [-0.25, -0.2) is 0 Å². The van der Waals surface area contributed by atoms with Crippen LogP contribution in [-0.2, 0) is 0 Å². The molecule has 0 bridgehead atoms. The molecule has 3 rings (SSSR count). The van der Waals surface area contributed by atoms with Gasteiger partial charge in [0, 0.05) is 29.3 Å². The van der Waals surface area contributed by atoms with Crippen molar-refractivity contribution in [3.05, 3.63) is 99.1 Å². The van der Waals surface area contributed by atoms with Crippen molar-refractivity contribution in [1.29, 1.82) is 0 Å². The van der Waals surface area contributed by atoms with Crippen molar-refractivity contribution in [1.82, 2.24) is 0 Å². The predicted octanol–water partition coefficient (Wildman–Crippen LogP) is 5.92. The molecule has 0 spiro atoms. The van der Waals surface area contributed by atoms with Gasteiger partial charge in [0.15, 0.2) is 0 Å². The summed E-state index contributed by atoms with van der Waals surface area (Å²) in [5.74, 6) is 0.772. The highest BCUT2D eigenvalue weighted by atomic mass is 35.5. The molecule has 0 radical (unpaired) electrons. The molecule has 0 saturated heterocycles. The van der Waals surface area contributed by atoms with E-state index in [-0.39, 0.29) is 11.7 Å². The van der Waals surface area contributed by atoms with Gasteiger partial charge in [0.05, 0.1) is 23.7 Å². The van der Waals surface area contributed by atoms with Crippen LogP contribution in [-0.4, -0.2) is 16.6 Å². The summed E-state index contributed by atoms with van der Waals surface area (Å²) >= 11 is 5.95. The topological polar surface area (TPSA) is 84.6 Å². The van der Waals surface area contributed by atoms with Gasteiger partial charge >= 0.3 is 0 Å². The van der Waals surface area contributed by atoms with E-state index >= 15 is 0 Å². The zero-order valence-electron chi connectivity index (χ0n) is 16.5. The third-order valence-corrected chi connectivity index (χ3v) is 4.98. The van der Waals surface area contributed by atoms with E-state index in [1.165, 1.54) is 12.1 Å². The maximum absolute atomic E-state index is 10.9. The summed E-state index contributed by atoms with van der Waals surface area (Å²) in [6.45, 7) is 2.51. The van der Waals surface area contributed by atoms with Crippen LogP contribution in [0.25, 0.3) is 0 Å². The number of hydrogen-bond acceptors (Lipinski definition) is 5. The summed E-state index contributed by atoms with van der Waals surface area (Å²) in [6, 6.07) is 20.8. The second-order valence-corrected chi connectivity index (χ2v) is 7.24. The molecule has 0 aliphatic carbocycles. The van der Waals surface area contributed by atoms with Crippen LogP contribution in [0.3, 0.4) is 0 Å². The molecule has 156 valence electrons. The molecule has 0 amide bonds. The fourth-order valence-electron chi connectivity index (χ4n) is 3.17. The molecule has 0 aliphatic rings. The molecule has 30 heavy (non-hydrogen) atoms. The Kier molecular flexibility index (Phi) is 7.27. The first kappa shape index (κ1) is 21.6. The maximum Gasteiger partial charge on any atom is 0.269 e.